The fraction of sp³-hybridized carbons (Fsp3) is 0.200. The maximum absolute atomic E-state index is 5.22. The van der Waals surface area contributed by atoms with Crippen molar-refractivity contribution >= 4 is 11.8 Å². The zero-order chi connectivity index (χ0) is 16.7. The van der Waals surface area contributed by atoms with E-state index < -0.39 is 0 Å². The lowest BCUT2D eigenvalue weighted by Crippen LogP contribution is -1.97. The average Bonchev–Trinajstić information content (AvgIpc) is 2.63. The van der Waals surface area contributed by atoms with E-state index in [0.717, 1.165) is 11.5 Å². The second-order valence-corrected chi connectivity index (χ2v) is 6.28. The van der Waals surface area contributed by atoms with Crippen molar-refractivity contribution in [1.29, 1.82) is 0 Å². The predicted molar refractivity (Wildman–Crippen MR) is 99.5 cm³/mol. The summed E-state index contributed by atoms with van der Waals surface area (Å²) in [5.74, 6) is 1.72. The monoisotopic (exact) mass is 326 g/mol. The van der Waals surface area contributed by atoms with Crippen molar-refractivity contribution in [2.24, 2.45) is 0 Å². The third-order valence-corrected chi connectivity index (χ3v) is 5.13. The normalized spacial score (nSPS) is 13.0. The van der Waals surface area contributed by atoms with Gasteiger partial charge in [0.05, 0.1) is 14.2 Å². The van der Waals surface area contributed by atoms with Gasteiger partial charge in [0, 0.05) is 10.5 Å². The van der Waals surface area contributed by atoms with Crippen LogP contribution in [0.2, 0.25) is 0 Å². The van der Waals surface area contributed by atoms with E-state index >= 15 is 0 Å². The summed E-state index contributed by atoms with van der Waals surface area (Å²) in [4.78, 5) is 0. The maximum atomic E-state index is 5.22. The van der Waals surface area contributed by atoms with E-state index in [9.17, 15) is 0 Å². The zero-order valence-electron chi connectivity index (χ0n) is 13.6. The quantitative estimate of drug-likeness (QED) is 0.589. The van der Waals surface area contributed by atoms with Crippen LogP contribution in [-0.2, 0) is 0 Å². The second kappa shape index (κ2) is 8.49. The molecule has 0 heterocycles. The van der Waals surface area contributed by atoms with Crippen molar-refractivity contribution in [2.75, 3.05) is 14.2 Å². The highest BCUT2D eigenvalue weighted by Crippen LogP contribution is 2.42. The highest BCUT2D eigenvalue weighted by atomic mass is 32.2. The Morgan fingerprint density at radius 1 is 0.739 bits per heavy atom. The minimum absolute atomic E-state index is 0.186. The van der Waals surface area contributed by atoms with Crippen LogP contribution in [0.4, 0.5) is 0 Å². The van der Waals surface area contributed by atoms with Gasteiger partial charge in [-0.05, 0) is 35.4 Å². The Bertz CT molecular complexity index is 574. The summed E-state index contributed by atoms with van der Waals surface area (Å²) < 4.78 is 10.4. The molecule has 0 aliphatic heterocycles. The summed E-state index contributed by atoms with van der Waals surface area (Å²) in [6.45, 7) is 7.96. The summed E-state index contributed by atoms with van der Waals surface area (Å²) in [6.07, 6.45) is 3.93. The van der Waals surface area contributed by atoms with E-state index in [1.807, 2.05) is 36.4 Å². The molecule has 0 unspecified atom stereocenters. The SMILES string of the molecule is C=C[C@@H](S[C@H](C=C)c1ccc(OC)cc1)c1ccc(OC)cc1. The van der Waals surface area contributed by atoms with Crippen LogP contribution in [-0.4, -0.2) is 14.2 Å². The first-order valence-corrected chi connectivity index (χ1v) is 8.34. The first kappa shape index (κ1) is 17.2. The number of methoxy groups -OCH3 is 2. The van der Waals surface area contributed by atoms with Gasteiger partial charge >= 0.3 is 0 Å². The molecule has 2 rings (SSSR count). The maximum Gasteiger partial charge on any atom is 0.118 e. The molecule has 0 N–H and O–H groups in total. The Balaban J connectivity index is 2.16. The van der Waals surface area contributed by atoms with Gasteiger partial charge in [0.15, 0.2) is 0 Å². The fourth-order valence-corrected chi connectivity index (χ4v) is 3.45. The van der Waals surface area contributed by atoms with Gasteiger partial charge in [0.25, 0.3) is 0 Å². The van der Waals surface area contributed by atoms with Crippen LogP contribution in [0, 0.1) is 0 Å². The third kappa shape index (κ3) is 4.42. The van der Waals surface area contributed by atoms with Crippen LogP contribution < -0.4 is 9.47 Å². The van der Waals surface area contributed by atoms with Crippen LogP contribution in [0.5, 0.6) is 11.5 Å². The van der Waals surface area contributed by atoms with Crippen molar-refractivity contribution in [3.8, 4) is 11.5 Å². The Labute approximate surface area is 142 Å². The summed E-state index contributed by atoms with van der Waals surface area (Å²) in [6, 6.07) is 16.2. The number of ether oxygens (including phenoxy) is 2. The minimum atomic E-state index is 0.186. The second-order valence-electron chi connectivity index (χ2n) is 5.00. The van der Waals surface area contributed by atoms with Crippen molar-refractivity contribution in [3.05, 3.63) is 85.0 Å². The van der Waals surface area contributed by atoms with Gasteiger partial charge in [0.2, 0.25) is 0 Å². The van der Waals surface area contributed by atoms with Crippen molar-refractivity contribution in [3.63, 3.8) is 0 Å². The van der Waals surface area contributed by atoms with Crippen LogP contribution in [0.3, 0.4) is 0 Å². The van der Waals surface area contributed by atoms with E-state index in [-0.39, 0.29) is 10.5 Å². The smallest absolute Gasteiger partial charge is 0.118 e. The van der Waals surface area contributed by atoms with Gasteiger partial charge in [-0.3, -0.25) is 0 Å². The first-order valence-electron chi connectivity index (χ1n) is 7.40. The fourth-order valence-electron chi connectivity index (χ4n) is 2.29. The topological polar surface area (TPSA) is 18.5 Å². The number of benzene rings is 2. The molecule has 0 bridgehead atoms. The molecule has 2 aromatic carbocycles. The van der Waals surface area contributed by atoms with Gasteiger partial charge in [-0.25, -0.2) is 0 Å². The molecular weight excluding hydrogens is 304 g/mol. The predicted octanol–water partition coefficient (Wildman–Crippen LogP) is 5.59. The molecular formula is C20H22O2S. The molecule has 0 aromatic heterocycles. The minimum Gasteiger partial charge on any atom is -0.497 e. The summed E-state index contributed by atoms with van der Waals surface area (Å²) in [7, 11) is 3.35. The Hall–Kier alpha value is -2.13. The van der Waals surface area contributed by atoms with E-state index in [2.05, 4.69) is 37.4 Å². The highest BCUT2D eigenvalue weighted by molar-refractivity contribution is 8.00. The molecule has 23 heavy (non-hydrogen) atoms. The molecule has 0 radical (unpaired) electrons. The lowest BCUT2D eigenvalue weighted by atomic mass is 10.1. The molecule has 0 fully saturated rings. The Kier molecular flexibility index (Phi) is 6.36. The molecule has 0 saturated carbocycles. The molecule has 0 aliphatic carbocycles. The van der Waals surface area contributed by atoms with E-state index in [0.29, 0.717) is 0 Å². The van der Waals surface area contributed by atoms with Gasteiger partial charge in [-0.15, -0.1) is 24.9 Å². The van der Waals surface area contributed by atoms with E-state index in [4.69, 9.17) is 9.47 Å². The molecule has 0 aliphatic rings. The molecule has 3 heteroatoms. The van der Waals surface area contributed by atoms with E-state index in [1.54, 1.807) is 26.0 Å². The van der Waals surface area contributed by atoms with Crippen molar-refractivity contribution in [1.82, 2.24) is 0 Å². The number of hydrogen-bond donors (Lipinski definition) is 0. The zero-order valence-corrected chi connectivity index (χ0v) is 14.4. The summed E-state index contributed by atoms with van der Waals surface area (Å²) in [5, 5.41) is 0.372. The molecule has 0 spiro atoms. The standard InChI is InChI=1S/C20H22O2S/c1-5-19(15-7-11-17(21-3)12-8-15)23-20(6-2)16-9-13-18(22-4)14-10-16/h5-14,19-20H,1-2H2,3-4H3/t19-,20-/m1/s1. The third-order valence-electron chi connectivity index (χ3n) is 3.61. The Morgan fingerprint density at radius 3 is 1.35 bits per heavy atom. The van der Waals surface area contributed by atoms with Crippen LogP contribution >= 0.6 is 11.8 Å². The lowest BCUT2D eigenvalue weighted by Gasteiger charge is -2.19. The van der Waals surface area contributed by atoms with Crippen LogP contribution in [0.25, 0.3) is 0 Å². The van der Waals surface area contributed by atoms with Gasteiger partial charge in [-0.2, -0.15) is 0 Å². The van der Waals surface area contributed by atoms with Crippen molar-refractivity contribution in [2.45, 2.75) is 10.5 Å². The largest absolute Gasteiger partial charge is 0.497 e. The number of hydrogen-bond acceptors (Lipinski definition) is 3. The molecule has 2 aromatic rings. The molecule has 2 nitrogen and oxygen atoms in total. The molecule has 120 valence electrons. The number of rotatable bonds is 8. The van der Waals surface area contributed by atoms with Crippen LogP contribution in [0.15, 0.2) is 73.8 Å². The highest BCUT2D eigenvalue weighted by Gasteiger charge is 2.16. The Morgan fingerprint density at radius 2 is 1.09 bits per heavy atom. The molecule has 0 saturated heterocycles. The number of thioether (sulfide) groups is 1. The molecule has 2 atom stereocenters. The average molecular weight is 326 g/mol. The van der Waals surface area contributed by atoms with Crippen LogP contribution in [0.1, 0.15) is 21.6 Å². The van der Waals surface area contributed by atoms with Gasteiger partial charge in [-0.1, -0.05) is 36.4 Å². The summed E-state index contributed by atoms with van der Waals surface area (Å²) in [5.41, 5.74) is 2.40. The van der Waals surface area contributed by atoms with Gasteiger partial charge in [0.1, 0.15) is 11.5 Å². The van der Waals surface area contributed by atoms with E-state index in [1.165, 1.54) is 11.1 Å². The lowest BCUT2D eigenvalue weighted by molar-refractivity contribution is 0.414. The van der Waals surface area contributed by atoms with Gasteiger partial charge < -0.3 is 9.47 Å². The molecule has 0 amide bonds. The summed E-state index contributed by atoms with van der Waals surface area (Å²) >= 11 is 1.81. The van der Waals surface area contributed by atoms with Crippen molar-refractivity contribution < 1.29 is 9.47 Å². The first-order chi connectivity index (χ1) is 11.2.